The Morgan fingerprint density at radius 1 is 1.53 bits per heavy atom. The average molecular weight is 279 g/mol. The summed E-state index contributed by atoms with van der Waals surface area (Å²) in [5.74, 6) is -0.642. The first-order chi connectivity index (χ1) is 8.80. The van der Waals surface area contributed by atoms with Crippen molar-refractivity contribution in [2.45, 2.75) is 32.5 Å². The normalized spacial score (nSPS) is 11.9. The second kappa shape index (κ2) is 6.55. The van der Waals surface area contributed by atoms with Gasteiger partial charge in [0.15, 0.2) is 5.69 Å². The smallest absolute Gasteiger partial charge is 0.379 e. The van der Waals surface area contributed by atoms with E-state index < -0.39 is 17.8 Å². The molecule has 8 heteroatoms. The van der Waals surface area contributed by atoms with E-state index in [0.29, 0.717) is 25.6 Å². The van der Waals surface area contributed by atoms with E-state index in [-0.39, 0.29) is 11.8 Å². The molecule has 0 bridgehead atoms. The molecule has 2 N–H and O–H groups in total. The van der Waals surface area contributed by atoms with Gasteiger partial charge in [-0.25, -0.2) is 0 Å². The summed E-state index contributed by atoms with van der Waals surface area (Å²) in [6.07, 6.45) is -3.84. The Morgan fingerprint density at radius 2 is 2.21 bits per heavy atom. The van der Waals surface area contributed by atoms with Gasteiger partial charge in [-0.1, -0.05) is 0 Å². The molecule has 0 atom stereocenters. The third-order valence-electron chi connectivity index (χ3n) is 2.17. The first-order valence-electron chi connectivity index (χ1n) is 5.83. The van der Waals surface area contributed by atoms with Crippen LogP contribution in [0.25, 0.3) is 0 Å². The van der Waals surface area contributed by atoms with E-state index in [2.05, 4.69) is 10.4 Å². The lowest BCUT2D eigenvalue weighted by Gasteiger charge is -2.07. The van der Waals surface area contributed by atoms with Gasteiger partial charge >= 0.3 is 6.18 Å². The molecule has 108 valence electrons. The third kappa shape index (κ3) is 5.29. The highest BCUT2D eigenvalue weighted by Gasteiger charge is 2.33. The van der Waals surface area contributed by atoms with Crippen LogP contribution in [0.5, 0.6) is 0 Å². The molecule has 0 aliphatic rings. The average Bonchev–Trinajstić information content (AvgIpc) is 2.76. The second-order valence-corrected chi connectivity index (χ2v) is 4.19. The van der Waals surface area contributed by atoms with E-state index in [1.54, 1.807) is 5.10 Å². The first-order valence-corrected chi connectivity index (χ1v) is 5.83. The SMILES string of the molecule is CC(C)OCCCNC(=O)c1cc(C(F)(F)F)[nH]n1. The van der Waals surface area contributed by atoms with Crippen LogP contribution in [-0.2, 0) is 10.9 Å². The Labute approximate surface area is 108 Å². The zero-order valence-electron chi connectivity index (χ0n) is 10.7. The van der Waals surface area contributed by atoms with Crippen LogP contribution in [0.2, 0.25) is 0 Å². The van der Waals surface area contributed by atoms with Crippen molar-refractivity contribution in [3.63, 3.8) is 0 Å². The van der Waals surface area contributed by atoms with Crippen molar-refractivity contribution >= 4 is 5.91 Å². The van der Waals surface area contributed by atoms with E-state index in [1.807, 2.05) is 13.8 Å². The third-order valence-corrected chi connectivity index (χ3v) is 2.17. The zero-order valence-corrected chi connectivity index (χ0v) is 10.7. The minimum absolute atomic E-state index is 0.108. The summed E-state index contributed by atoms with van der Waals surface area (Å²) in [5.41, 5.74) is -1.32. The summed E-state index contributed by atoms with van der Waals surface area (Å²) in [5, 5.41) is 7.57. The summed E-state index contributed by atoms with van der Waals surface area (Å²) in [7, 11) is 0. The summed E-state index contributed by atoms with van der Waals surface area (Å²) in [6.45, 7) is 4.58. The number of H-pyrrole nitrogens is 1. The number of nitrogens with zero attached hydrogens (tertiary/aromatic N) is 1. The highest BCUT2D eigenvalue weighted by molar-refractivity contribution is 5.92. The predicted molar refractivity (Wildman–Crippen MR) is 61.6 cm³/mol. The molecule has 0 radical (unpaired) electrons. The lowest BCUT2D eigenvalue weighted by atomic mass is 10.3. The van der Waals surface area contributed by atoms with E-state index in [9.17, 15) is 18.0 Å². The number of amides is 1. The van der Waals surface area contributed by atoms with E-state index in [4.69, 9.17) is 4.74 Å². The predicted octanol–water partition coefficient (Wildman–Crippen LogP) is 1.97. The highest BCUT2D eigenvalue weighted by Crippen LogP contribution is 2.27. The summed E-state index contributed by atoms with van der Waals surface area (Å²) < 4.78 is 42.1. The zero-order chi connectivity index (χ0) is 14.5. The largest absolute Gasteiger partial charge is 0.432 e. The van der Waals surface area contributed by atoms with Gasteiger partial charge in [0.25, 0.3) is 5.91 Å². The van der Waals surface area contributed by atoms with Crippen molar-refractivity contribution in [2.75, 3.05) is 13.2 Å². The molecule has 1 amide bonds. The standard InChI is InChI=1S/C11H16F3N3O2/c1-7(2)19-5-3-4-15-10(18)8-6-9(17-16-8)11(12,13)14/h6-7H,3-5H2,1-2H3,(H,15,18)(H,16,17). The minimum Gasteiger partial charge on any atom is -0.379 e. The number of aromatic amines is 1. The molecule has 0 aromatic carbocycles. The highest BCUT2D eigenvalue weighted by atomic mass is 19.4. The van der Waals surface area contributed by atoms with E-state index in [0.717, 1.165) is 0 Å². The van der Waals surface area contributed by atoms with Gasteiger partial charge in [0.05, 0.1) is 6.10 Å². The molecule has 1 aromatic heterocycles. The number of carbonyl (C=O) groups is 1. The quantitative estimate of drug-likeness (QED) is 0.782. The van der Waals surface area contributed by atoms with Gasteiger partial charge in [0.1, 0.15) is 5.69 Å². The maximum Gasteiger partial charge on any atom is 0.432 e. The number of aromatic nitrogens is 2. The van der Waals surface area contributed by atoms with E-state index >= 15 is 0 Å². The van der Waals surface area contributed by atoms with Crippen molar-refractivity contribution in [3.8, 4) is 0 Å². The Hall–Kier alpha value is -1.57. The minimum atomic E-state index is -4.53. The van der Waals surface area contributed by atoms with Crippen LogP contribution in [0, 0.1) is 0 Å². The fraction of sp³-hybridized carbons (Fsp3) is 0.636. The molecule has 0 aliphatic heterocycles. The van der Waals surface area contributed by atoms with Crippen LogP contribution in [0.1, 0.15) is 36.5 Å². The van der Waals surface area contributed by atoms with Crippen LogP contribution < -0.4 is 5.32 Å². The van der Waals surface area contributed by atoms with Gasteiger partial charge < -0.3 is 10.1 Å². The monoisotopic (exact) mass is 279 g/mol. The van der Waals surface area contributed by atoms with Gasteiger partial charge in [0, 0.05) is 19.2 Å². The van der Waals surface area contributed by atoms with Gasteiger partial charge in [-0.15, -0.1) is 0 Å². The maximum atomic E-state index is 12.3. The van der Waals surface area contributed by atoms with Crippen molar-refractivity contribution in [3.05, 3.63) is 17.5 Å². The summed E-state index contributed by atoms with van der Waals surface area (Å²) in [6, 6.07) is 0.681. The number of hydrogen-bond donors (Lipinski definition) is 2. The summed E-state index contributed by atoms with van der Waals surface area (Å²) >= 11 is 0. The molecular formula is C11H16F3N3O2. The van der Waals surface area contributed by atoms with Crippen LogP contribution in [0.4, 0.5) is 13.2 Å². The van der Waals surface area contributed by atoms with Crippen molar-refractivity contribution < 1.29 is 22.7 Å². The fourth-order valence-electron chi connectivity index (χ4n) is 1.27. The van der Waals surface area contributed by atoms with Crippen LogP contribution >= 0.6 is 0 Å². The van der Waals surface area contributed by atoms with Crippen molar-refractivity contribution in [2.24, 2.45) is 0 Å². The summed E-state index contributed by atoms with van der Waals surface area (Å²) in [4.78, 5) is 11.5. The lowest BCUT2D eigenvalue weighted by molar-refractivity contribution is -0.141. The topological polar surface area (TPSA) is 67.0 Å². The number of carbonyl (C=O) groups excluding carboxylic acids is 1. The Kier molecular flexibility index (Phi) is 5.34. The second-order valence-electron chi connectivity index (χ2n) is 4.19. The van der Waals surface area contributed by atoms with Crippen molar-refractivity contribution in [1.29, 1.82) is 0 Å². The Bertz CT molecular complexity index is 416. The molecule has 0 unspecified atom stereocenters. The van der Waals surface area contributed by atoms with Crippen LogP contribution in [0.15, 0.2) is 6.07 Å². The fourth-order valence-corrected chi connectivity index (χ4v) is 1.27. The number of ether oxygens (including phenoxy) is 1. The molecule has 1 heterocycles. The number of halogens is 3. The van der Waals surface area contributed by atoms with Gasteiger partial charge in [-0.3, -0.25) is 9.89 Å². The van der Waals surface area contributed by atoms with Crippen LogP contribution in [0.3, 0.4) is 0 Å². The molecule has 0 aliphatic carbocycles. The lowest BCUT2D eigenvalue weighted by Crippen LogP contribution is -2.25. The van der Waals surface area contributed by atoms with Gasteiger partial charge in [0.2, 0.25) is 0 Å². The van der Waals surface area contributed by atoms with Gasteiger partial charge in [-0.2, -0.15) is 18.3 Å². The number of hydrogen-bond acceptors (Lipinski definition) is 3. The number of nitrogens with one attached hydrogen (secondary N) is 2. The van der Waals surface area contributed by atoms with Crippen molar-refractivity contribution in [1.82, 2.24) is 15.5 Å². The Balaban J connectivity index is 2.36. The molecule has 0 spiro atoms. The molecule has 1 aromatic rings. The molecule has 0 fully saturated rings. The molecule has 0 saturated carbocycles. The molecule has 19 heavy (non-hydrogen) atoms. The molecule has 5 nitrogen and oxygen atoms in total. The molecule has 1 rings (SSSR count). The van der Waals surface area contributed by atoms with E-state index in [1.165, 1.54) is 0 Å². The molecule has 0 saturated heterocycles. The van der Waals surface area contributed by atoms with Crippen LogP contribution in [-0.4, -0.2) is 35.4 Å². The number of rotatable bonds is 6. The van der Waals surface area contributed by atoms with Gasteiger partial charge in [-0.05, 0) is 20.3 Å². The first kappa shape index (κ1) is 15.5. The Morgan fingerprint density at radius 3 is 2.74 bits per heavy atom. The number of alkyl halides is 3. The maximum absolute atomic E-state index is 12.3. The molecular weight excluding hydrogens is 263 g/mol.